The number of phenolic OH excluding ortho intramolecular Hbond substituents is 1. The minimum Gasteiger partial charge on any atom is -0.504 e. The minimum atomic E-state index is -0.994. The van der Waals surface area contributed by atoms with Crippen LogP contribution in [0.5, 0.6) is 11.5 Å². The molecule has 0 aliphatic heterocycles. The van der Waals surface area contributed by atoms with Crippen molar-refractivity contribution in [3.8, 4) is 11.5 Å². The molecule has 0 amide bonds. The van der Waals surface area contributed by atoms with Crippen molar-refractivity contribution in [2.75, 3.05) is 21.3 Å². The van der Waals surface area contributed by atoms with Gasteiger partial charge in [0.25, 0.3) is 0 Å². The standard InChI is InChI=1S/C21H24O5/c1-6-7-16-13-21(26-5,20(25-4)12-18(16)23)14(2)10-15-8-9-17(22)19(11-15)24-3/h6,8-13,22H,1,7H2,2-5H3/b14-10+/t21-/m1/s1. The molecule has 0 aromatic heterocycles. The number of phenols is 1. The Kier molecular flexibility index (Phi) is 6.05. The third-order valence-corrected chi connectivity index (χ3v) is 4.40. The van der Waals surface area contributed by atoms with Crippen LogP contribution in [0.15, 0.2) is 59.9 Å². The molecule has 0 fully saturated rings. The number of aromatic hydroxyl groups is 1. The highest BCUT2D eigenvalue weighted by Crippen LogP contribution is 2.38. The van der Waals surface area contributed by atoms with Crippen LogP contribution in [0.25, 0.3) is 6.08 Å². The molecule has 0 unspecified atom stereocenters. The smallest absolute Gasteiger partial charge is 0.185 e. The summed E-state index contributed by atoms with van der Waals surface area (Å²) in [5.41, 5.74) is 1.24. The molecule has 0 bridgehead atoms. The lowest BCUT2D eigenvalue weighted by molar-refractivity contribution is -0.112. The van der Waals surface area contributed by atoms with E-state index in [2.05, 4.69) is 6.58 Å². The quantitative estimate of drug-likeness (QED) is 0.753. The maximum atomic E-state index is 12.3. The van der Waals surface area contributed by atoms with Crippen LogP contribution in [0.3, 0.4) is 0 Å². The van der Waals surface area contributed by atoms with Gasteiger partial charge in [-0.05, 0) is 42.7 Å². The first-order valence-electron chi connectivity index (χ1n) is 8.15. The number of ether oxygens (including phenoxy) is 3. The lowest BCUT2D eigenvalue weighted by Gasteiger charge is -2.35. The summed E-state index contributed by atoms with van der Waals surface area (Å²) in [6.07, 6.45) is 7.25. The van der Waals surface area contributed by atoms with Crippen LogP contribution in [-0.2, 0) is 14.3 Å². The van der Waals surface area contributed by atoms with E-state index in [9.17, 15) is 9.90 Å². The van der Waals surface area contributed by atoms with Crippen molar-refractivity contribution >= 4 is 11.9 Å². The first-order chi connectivity index (χ1) is 12.4. The predicted octanol–water partition coefficient (Wildman–Crippen LogP) is 3.80. The van der Waals surface area contributed by atoms with E-state index in [1.807, 2.05) is 13.0 Å². The maximum absolute atomic E-state index is 12.3. The maximum Gasteiger partial charge on any atom is 0.185 e. The molecule has 1 N–H and O–H groups in total. The Balaban J connectivity index is 2.56. The van der Waals surface area contributed by atoms with Gasteiger partial charge in [-0.25, -0.2) is 0 Å². The van der Waals surface area contributed by atoms with Crippen LogP contribution >= 0.6 is 0 Å². The molecule has 0 spiro atoms. The largest absolute Gasteiger partial charge is 0.504 e. The van der Waals surface area contributed by atoms with Crippen LogP contribution in [-0.4, -0.2) is 37.8 Å². The van der Waals surface area contributed by atoms with Crippen molar-refractivity contribution in [2.45, 2.75) is 18.9 Å². The van der Waals surface area contributed by atoms with E-state index >= 15 is 0 Å². The Morgan fingerprint density at radius 1 is 1.27 bits per heavy atom. The molecule has 138 valence electrons. The normalized spacial score (nSPS) is 20.3. The summed E-state index contributed by atoms with van der Waals surface area (Å²) in [6, 6.07) is 5.05. The summed E-state index contributed by atoms with van der Waals surface area (Å²) in [5.74, 6) is 0.741. The number of allylic oxidation sites excluding steroid dienone is 3. The van der Waals surface area contributed by atoms with Crippen LogP contribution in [0, 0.1) is 0 Å². The molecule has 1 aromatic rings. The van der Waals surface area contributed by atoms with E-state index in [1.165, 1.54) is 20.3 Å². The second-order valence-corrected chi connectivity index (χ2v) is 5.94. The highest BCUT2D eigenvalue weighted by Gasteiger charge is 2.40. The van der Waals surface area contributed by atoms with Crippen molar-refractivity contribution in [3.63, 3.8) is 0 Å². The molecule has 0 radical (unpaired) electrons. The van der Waals surface area contributed by atoms with Gasteiger partial charge in [0, 0.05) is 18.8 Å². The fourth-order valence-corrected chi connectivity index (χ4v) is 3.00. The molecule has 1 aliphatic rings. The first kappa shape index (κ1) is 19.5. The lowest BCUT2D eigenvalue weighted by atomic mass is 9.82. The van der Waals surface area contributed by atoms with Gasteiger partial charge in [0.15, 0.2) is 22.9 Å². The second kappa shape index (κ2) is 8.06. The number of ketones is 1. The Morgan fingerprint density at radius 2 is 2.00 bits per heavy atom. The zero-order chi connectivity index (χ0) is 19.3. The van der Waals surface area contributed by atoms with Crippen LogP contribution in [0.2, 0.25) is 0 Å². The average Bonchev–Trinajstić information content (AvgIpc) is 2.64. The molecule has 1 aliphatic carbocycles. The highest BCUT2D eigenvalue weighted by atomic mass is 16.5. The van der Waals surface area contributed by atoms with E-state index < -0.39 is 5.60 Å². The fraction of sp³-hybridized carbons (Fsp3) is 0.286. The molecular formula is C21H24O5. The third kappa shape index (κ3) is 3.58. The van der Waals surface area contributed by atoms with Gasteiger partial charge in [0.05, 0.1) is 14.2 Å². The van der Waals surface area contributed by atoms with Gasteiger partial charge in [-0.3, -0.25) is 4.79 Å². The van der Waals surface area contributed by atoms with Gasteiger partial charge < -0.3 is 19.3 Å². The Labute approximate surface area is 153 Å². The number of carbonyl (C=O) groups excluding carboxylic acids is 1. The molecule has 26 heavy (non-hydrogen) atoms. The van der Waals surface area contributed by atoms with E-state index in [4.69, 9.17) is 14.2 Å². The number of carbonyl (C=O) groups is 1. The fourth-order valence-electron chi connectivity index (χ4n) is 3.00. The number of hydrogen-bond acceptors (Lipinski definition) is 5. The molecule has 5 heteroatoms. The summed E-state index contributed by atoms with van der Waals surface area (Å²) < 4.78 is 16.4. The minimum absolute atomic E-state index is 0.0673. The van der Waals surface area contributed by atoms with Gasteiger partial charge in [0.1, 0.15) is 5.76 Å². The highest BCUT2D eigenvalue weighted by molar-refractivity contribution is 6.06. The van der Waals surface area contributed by atoms with Gasteiger partial charge in [0.2, 0.25) is 0 Å². The summed E-state index contributed by atoms with van der Waals surface area (Å²) >= 11 is 0. The molecule has 1 atom stereocenters. The molecule has 5 nitrogen and oxygen atoms in total. The second-order valence-electron chi connectivity index (χ2n) is 5.94. The molecule has 0 saturated carbocycles. The Hall–Kier alpha value is -2.79. The predicted molar refractivity (Wildman–Crippen MR) is 101 cm³/mol. The summed E-state index contributed by atoms with van der Waals surface area (Å²) in [5, 5.41) is 9.76. The first-order valence-corrected chi connectivity index (χ1v) is 8.15. The summed E-state index contributed by atoms with van der Waals surface area (Å²) in [4.78, 5) is 12.3. The van der Waals surface area contributed by atoms with Crippen molar-refractivity contribution < 1.29 is 24.1 Å². The average molecular weight is 356 g/mol. The zero-order valence-electron chi connectivity index (χ0n) is 15.5. The molecule has 1 aromatic carbocycles. The Morgan fingerprint density at radius 3 is 2.58 bits per heavy atom. The SMILES string of the molecule is C=CCC1=C[C@@](OC)(/C(C)=C/c2ccc(O)c(OC)c2)C(OC)=CC1=O. The van der Waals surface area contributed by atoms with Crippen molar-refractivity contribution in [2.24, 2.45) is 0 Å². The number of benzene rings is 1. The van der Waals surface area contributed by atoms with E-state index in [1.54, 1.807) is 37.5 Å². The van der Waals surface area contributed by atoms with Crippen LogP contribution < -0.4 is 4.74 Å². The van der Waals surface area contributed by atoms with Crippen LogP contribution in [0.4, 0.5) is 0 Å². The van der Waals surface area contributed by atoms with Crippen molar-refractivity contribution in [1.29, 1.82) is 0 Å². The zero-order valence-corrected chi connectivity index (χ0v) is 15.5. The summed E-state index contributed by atoms with van der Waals surface area (Å²) in [7, 11) is 4.57. The Bertz CT molecular complexity index is 801. The summed E-state index contributed by atoms with van der Waals surface area (Å²) in [6.45, 7) is 5.60. The molecule has 0 saturated heterocycles. The molecular weight excluding hydrogens is 332 g/mol. The van der Waals surface area contributed by atoms with Gasteiger partial charge in [-0.15, -0.1) is 6.58 Å². The van der Waals surface area contributed by atoms with E-state index in [0.717, 1.165) is 11.1 Å². The number of hydrogen-bond donors (Lipinski definition) is 1. The van der Waals surface area contributed by atoms with Crippen molar-refractivity contribution in [1.82, 2.24) is 0 Å². The molecule has 0 heterocycles. The van der Waals surface area contributed by atoms with Crippen LogP contribution in [0.1, 0.15) is 18.9 Å². The number of methoxy groups -OCH3 is 3. The van der Waals surface area contributed by atoms with Crippen molar-refractivity contribution in [3.05, 3.63) is 65.5 Å². The number of rotatable bonds is 7. The third-order valence-electron chi connectivity index (χ3n) is 4.40. The van der Waals surface area contributed by atoms with E-state index in [0.29, 0.717) is 23.5 Å². The molecule has 2 rings (SSSR count). The topological polar surface area (TPSA) is 65.0 Å². The van der Waals surface area contributed by atoms with E-state index in [-0.39, 0.29) is 11.5 Å². The van der Waals surface area contributed by atoms with Gasteiger partial charge in [-0.1, -0.05) is 18.2 Å². The monoisotopic (exact) mass is 356 g/mol. The van der Waals surface area contributed by atoms with Gasteiger partial charge in [-0.2, -0.15) is 0 Å². The van der Waals surface area contributed by atoms with Gasteiger partial charge >= 0.3 is 0 Å². The lowest BCUT2D eigenvalue weighted by Crippen LogP contribution is -2.37.